The molecule has 1 aromatic carbocycles. The first-order valence-electron chi connectivity index (χ1n) is 8.36. The van der Waals surface area contributed by atoms with E-state index in [2.05, 4.69) is 6.92 Å². The average Bonchev–Trinajstić information content (AvgIpc) is 2.57. The van der Waals surface area contributed by atoms with Crippen LogP contribution in [0.2, 0.25) is 0 Å². The van der Waals surface area contributed by atoms with Crippen LogP contribution in [0.4, 0.5) is 0 Å². The number of ether oxygens (including phenoxy) is 1. The normalized spacial score (nSPS) is 10.6. The van der Waals surface area contributed by atoms with E-state index in [1.165, 1.54) is 32.1 Å². The molecule has 0 amide bonds. The second kappa shape index (κ2) is 8.99. The van der Waals surface area contributed by atoms with E-state index in [1.54, 1.807) is 18.2 Å². The number of unbranched alkanes of at least 4 members (excludes halogenated alkanes) is 6. The van der Waals surface area contributed by atoms with Gasteiger partial charge in [-0.25, -0.2) is 4.79 Å². The summed E-state index contributed by atoms with van der Waals surface area (Å²) < 4.78 is 11.0. The summed E-state index contributed by atoms with van der Waals surface area (Å²) >= 11 is 0. The van der Waals surface area contributed by atoms with Gasteiger partial charge in [0.25, 0.3) is 0 Å². The highest BCUT2D eigenvalue weighted by Gasteiger charge is 2.09. The predicted molar refractivity (Wildman–Crippen MR) is 90.7 cm³/mol. The molecule has 0 radical (unpaired) electrons. The van der Waals surface area contributed by atoms with Crippen LogP contribution in [0.5, 0.6) is 5.75 Å². The molecule has 0 fully saturated rings. The standard InChI is InChI=1S/C19H23NO3/c1-2-3-4-5-6-7-8-12-22-17-11-9-10-15-13-16(14-20)19(21)23-18(15)17/h9-11,13H,2-8,12H2,1H3. The Balaban J connectivity index is 1.90. The lowest BCUT2D eigenvalue weighted by Gasteiger charge is -2.08. The zero-order valence-corrected chi connectivity index (χ0v) is 13.6. The van der Waals surface area contributed by atoms with Crippen LogP contribution >= 0.6 is 0 Å². The molecule has 4 nitrogen and oxygen atoms in total. The molecule has 0 unspecified atom stereocenters. The summed E-state index contributed by atoms with van der Waals surface area (Å²) in [6, 6.07) is 8.82. The van der Waals surface area contributed by atoms with Gasteiger partial charge in [0.05, 0.1) is 6.61 Å². The lowest BCUT2D eigenvalue weighted by Crippen LogP contribution is -2.04. The van der Waals surface area contributed by atoms with E-state index in [9.17, 15) is 4.79 Å². The smallest absolute Gasteiger partial charge is 0.354 e. The van der Waals surface area contributed by atoms with E-state index in [0.29, 0.717) is 23.3 Å². The summed E-state index contributed by atoms with van der Waals surface area (Å²) in [6.45, 7) is 2.83. The van der Waals surface area contributed by atoms with Crippen molar-refractivity contribution in [3.05, 3.63) is 40.2 Å². The molecule has 1 heterocycles. The second-order valence-electron chi connectivity index (χ2n) is 5.70. The Morgan fingerprint density at radius 3 is 2.61 bits per heavy atom. The maximum Gasteiger partial charge on any atom is 0.354 e. The summed E-state index contributed by atoms with van der Waals surface area (Å²) in [5, 5.41) is 9.59. The lowest BCUT2D eigenvalue weighted by molar-refractivity contribution is 0.302. The van der Waals surface area contributed by atoms with E-state index < -0.39 is 5.63 Å². The highest BCUT2D eigenvalue weighted by atomic mass is 16.5. The zero-order valence-electron chi connectivity index (χ0n) is 13.6. The number of nitriles is 1. The minimum Gasteiger partial charge on any atom is -0.490 e. The van der Waals surface area contributed by atoms with Gasteiger partial charge in [0.1, 0.15) is 11.6 Å². The fraction of sp³-hybridized carbons (Fsp3) is 0.474. The number of hydrogen-bond acceptors (Lipinski definition) is 4. The number of fused-ring (bicyclic) bond motifs is 1. The number of para-hydroxylation sites is 1. The van der Waals surface area contributed by atoms with Crippen LogP contribution < -0.4 is 10.4 Å². The molecule has 2 rings (SSSR count). The van der Waals surface area contributed by atoms with Crippen LogP contribution in [0.3, 0.4) is 0 Å². The van der Waals surface area contributed by atoms with Gasteiger partial charge in [0, 0.05) is 5.39 Å². The van der Waals surface area contributed by atoms with Crippen molar-refractivity contribution >= 4 is 11.0 Å². The highest BCUT2D eigenvalue weighted by molar-refractivity contribution is 5.83. The van der Waals surface area contributed by atoms with Crippen molar-refractivity contribution in [1.29, 1.82) is 5.26 Å². The molecule has 122 valence electrons. The second-order valence-corrected chi connectivity index (χ2v) is 5.70. The SMILES string of the molecule is CCCCCCCCCOc1cccc2cc(C#N)c(=O)oc12. The Morgan fingerprint density at radius 1 is 1.13 bits per heavy atom. The Labute approximate surface area is 136 Å². The van der Waals surface area contributed by atoms with E-state index in [0.717, 1.165) is 12.8 Å². The largest absolute Gasteiger partial charge is 0.490 e. The Hall–Kier alpha value is -2.28. The Morgan fingerprint density at radius 2 is 1.87 bits per heavy atom. The van der Waals surface area contributed by atoms with Crippen LogP contribution in [0.25, 0.3) is 11.0 Å². The molecule has 0 saturated carbocycles. The van der Waals surface area contributed by atoms with Gasteiger partial charge in [-0.2, -0.15) is 5.26 Å². The molecule has 0 N–H and O–H groups in total. The molecule has 0 spiro atoms. The van der Waals surface area contributed by atoms with Crippen molar-refractivity contribution in [3.63, 3.8) is 0 Å². The van der Waals surface area contributed by atoms with Crippen molar-refractivity contribution < 1.29 is 9.15 Å². The molecule has 0 bridgehead atoms. The monoisotopic (exact) mass is 313 g/mol. The molecule has 0 aliphatic carbocycles. The van der Waals surface area contributed by atoms with Crippen molar-refractivity contribution in [2.24, 2.45) is 0 Å². The topological polar surface area (TPSA) is 63.2 Å². The molecule has 0 aliphatic heterocycles. The van der Waals surface area contributed by atoms with Gasteiger partial charge in [0.15, 0.2) is 11.3 Å². The van der Waals surface area contributed by atoms with Gasteiger partial charge in [-0.15, -0.1) is 0 Å². The molecule has 1 aromatic heterocycles. The number of hydrogen-bond donors (Lipinski definition) is 0. The summed E-state index contributed by atoms with van der Waals surface area (Å²) in [4.78, 5) is 11.7. The fourth-order valence-electron chi connectivity index (χ4n) is 2.55. The Bertz CT molecular complexity index is 727. The summed E-state index contributed by atoms with van der Waals surface area (Å²) in [5.74, 6) is 0.565. The van der Waals surface area contributed by atoms with Crippen LogP contribution in [-0.2, 0) is 0 Å². The quantitative estimate of drug-likeness (QED) is 0.493. The van der Waals surface area contributed by atoms with Crippen molar-refractivity contribution in [3.8, 4) is 11.8 Å². The number of rotatable bonds is 9. The first kappa shape index (κ1) is 17.1. The molecule has 0 saturated heterocycles. The van der Waals surface area contributed by atoms with Gasteiger partial charge in [-0.3, -0.25) is 0 Å². The van der Waals surface area contributed by atoms with E-state index in [4.69, 9.17) is 14.4 Å². The summed E-state index contributed by atoms with van der Waals surface area (Å²) in [5.41, 5.74) is -0.187. The third-order valence-corrected chi connectivity index (χ3v) is 3.85. The van der Waals surface area contributed by atoms with Crippen LogP contribution in [0.1, 0.15) is 57.4 Å². The Kier molecular flexibility index (Phi) is 6.68. The molecule has 4 heteroatoms. The minimum atomic E-state index is -0.619. The van der Waals surface area contributed by atoms with Gasteiger partial charge in [-0.05, 0) is 18.6 Å². The number of benzene rings is 1. The zero-order chi connectivity index (χ0) is 16.5. The molecular weight excluding hydrogens is 290 g/mol. The van der Waals surface area contributed by atoms with Crippen LogP contribution in [0.15, 0.2) is 33.5 Å². The molecule has 2 aromatic rings. The average molecular weight is 313 g/mol. The maximum absolute atomic E-state index is 11.7. The fourth-order valence-corrected chi connectivity index (χ4v) is 2.55. The van der Waals surface area contributed by atoms with Crippen molar-refractivity contribution in [1.82, 2.24) is 0 Å². The van der Waals surface area contributed by atoms with Gasteiger partial charge < -0.3 is 9.15 Å². The van der Waals surface area contributed by atoms with Crippen molar-refractivity contribution in [2.75, 3.05) is 6.61 Å². The highest BCUT2D eigenvalue weighted by Crippen LogP contribution is 2.25. The predicted octanol–water partition coefficient (Wildman–Crippen LogP) is 4.79. The molecular formula is C19H23NO3. The maximum atomic E-state index is 11.7. The molecule has 0 aliphatic rings. The van der Waals surface area contributed by atoms with Crippen LogP contribution in [0, 0.1) is 11.3 Å². The van der Waals surface area contributed by atoms with Gasteiger partial charge >= 0.3 is 5.63 Å². The molecule has 0 atom stereocenters. The van der Waals surface area contributed by atoms with E-state index in [1.807, 2.05) is 12.1 Å². The van der Waals surface area contributed by atoms with E-state index >= 15 is 0 Å². The summed E-state index contributed by atoms with van der Waals surface area (Å²) in [7, 11) is 0. The minimum absolute atomic E-state index is 0.0155. The third-order valence-electron chi connectivity index (χ3n) is 3.85. The van der Waals surface area contributed by atoms with Crippen molar-refractivity contribution in [2.45, 2.75) is 51.9 Å². The number of nitrogens with zero attached hydrogens (tertiary/aromatic N) is 1. The first-order chi connectivity index (χ1) is 11.3. The van der Waals surface area contributed by atoms with Crippen LogP contribution in [-0.4, -0.2) is 6.61 Å². The van der Waals surface area contributed by atoms with Gasteiger partial charge in [0.2, 0.25) is 0 Å². The van der Waals surface area contributed by atoms with Gasteiger partial charge in [-0.1, -0.05) is 57.6 Å². The first-order valence-corrected chi connectivity index (χ1v) is 8.36. The summed E-state index contributed by atoms with van der Waals surface area (Å²) in [6.07, 6.45) is 8.56. The molecule has 23 heavy (non-hydrogen) atoms. The lowest BCUT2D eigenvalue weighted by atomic mass is 10.1. The third kappa shape index (κ3) is 4.85. The van der Waals surface area contributed by atoms with E-state index in [-0.39, 0.29) is 5.56 Å².